The number of para-hydroxylation sites is 1. The molecule has 2 heterocycles. The van der Waals surface area contributed by atoms with Gasteiger partial charge in [-0.3, -0.25) is 4.79 Å². The molecule has 31 heavy (non-hydrogen) atoms. The minimum atomic E-state index is -0.316. The van der Waals surface area contributed by atoms with E-state index in [2.05, 4.69) is 26.0 Å². The molecule has 8 heteroatoms. The minimum Gasteiger partial charge on any atom is -0.453 e. The van der Waals surface area contributed by atoms with Gasteiger partial charge in [0.25, 0.3) is 5.56 Å². The molecular formula is C23H12BrCl2N3O2. The van der Waals surface area contributed by atoms with E-state index in [1.54, 1.807) is 36.4 Å². The molecule has 5 nitrogen and oxygen atoms in total. The van der Waals surface area contributed by atoms with Gasteiger partial charge < -0.3 is 4.42 Å². The van der Waals surface area contributed by atoms with E-state index in [4.69, 9.17) is 27.6 Å². The molecule has 0 unspecified atom stereocenters. The van der Waals surface area contributed by atoms with E-state index >= 15 is 0 Å². The van der Waals surface area contributed by atoms with Gasteiger partial charge in [0.15, 0.2) is 5.76 Å². The van der Waals surface area contributed by atoms with Gasteiger partial charge in [0.1, 0.15) is 5.58 Å². The fourth-order valence-corrected chi connectivity index (χ4v) is 4.08. The number of halogens is 3. The molecule has 0 saturated carbocycles. The topological polar surface area (TPSA) is 60.4 Å². The smallest absolute Gasteiger partial charge is 0.282 e. The van der Waals surface area contributed by atoms with Crippen molar-refractivity contribution in [2.75, 3.05) is 0 Å². The Bertz CT molecular complexity index is 1560. The van der Waals surface area contributed by atoms with E-state index < -0.39 is 0 Å². The summed E-state index contributed by atoms with van der Waals surface area (Å²) >= 11 is 15.7. The Morgan fingerprint density at radius 2 is 1.87 bits per heavy atom. The van der Waals surface area contributed by atoms with E-state index in [9.17, 15) is 4.79 Å². The summed E-state index contributed by atoms with van der Waals surface area (Å²) in [6.45, 7) is 0. The van der Waals surface area contributed by atoms with Crippen LogP contribution in [0.2, 0.25) is 10.0 Å². The van der Waals surface area contributed by atoms with Crippen molar-refractivity contribution in [3.05, 3.63) is 97.2 Å². The molecule has 5 aromatic rings. The van der Waals surface area contributed by atoms with Crippen molar-refractivity contribution in [2.24, 2.45) is 5.10 Å². The third kappa shape index (κ3) is 3.78. The quantitative estimate of drug-likeness (QED) is 0.251. The molecule has 3 aromatic carbocycles. The van der Waals surface area contributed by atoms with Crippen molar-refractivity contribution in [3.8, 4) is 11.6 Å². The molecule has 0 aliphatic heterocycles. The maximum absolute atomic E-state index is 13.3. The van der Waals surface area contributed by atoms with E-state index in [1.807, 2.05) is 30.3 Å². The molecule has 0 N–H and O–H groups in total. The molecule has 2 aromatic heterocycles. The van der Waals surface area contributed by atoms with Gasteiger partial charge in [-0.05, 0) is 48.5 Å². The van der Waals surface area contributed by atoms with Crippen LogP contribution < -0.4 is 5.56 Å². The largest absolute Gasteiger partial charge is 0.453 e. The predicted molar refractivity (Wildman–Crippen MR) is 128 cm³/mol. The highest BCUT2D eigenvalue weighted by Gasteiger charge is 2.16. The number of aromatic nitrogens is 2. The van der Waals surface area contributed by atoms with Crippen LogP contribution in [-0.4, -0.2) is 15.9 Å². The van der Waals surface area contributed by atoms with Gasteiger partial charge in [-0.15, -0.1) is 0 Å². The summed E-state index contributed by atoms with van der Waals surface area (Å²) in [7, 11) is 0. The van der Waals surface area contributed by atoms with Crippen LogP contribution in [0.5, 0.6) is 0 Å². The average Bonchev–Trinajstić information content (AvgIpc) is 3.17. The first-order chi connectivity index (χ1) is 15.0. The van der Waals surface area contributed by atoms with Gasteiger partial charge in [0.05, 0.1) is 22.1 Å². The third-order valence-electron chi connectivity index (χ3n) is 4.73. The fraction of sp³-hybridized carbons (Fsp3) is 0. The van der Waals surface area contributed by atoms with E-state index in [1.165, 1.54) is 10.9 Å². The molecule has 152 valence electrons. The van der Waals surface area contributed by atoms with Gasteiger partial charge in [0.2, 0.25) is 5.82 Å². The Labute approximate surface area is 194 Å². The van der Waals surface area contributed by atoms with Gasteiger partial charge in [0, 0.05) is 20.4 Å². The molecule has 5 rings (SSSR count). The SMILES string of the molecule is O=c1c2ccccc2nc(-c2cc3cc(Br)ccc3o2)n1N=Cc1ccc(Cl)cc1Cl. The Morgan fingerprint density at radius 1 is 1.03 bits per heavy atom. The average molecular weight is 513 g/mol. The summed E-state index contributed by atoms with van der Waals surface area (Å²) in [5.41, 5.74) is 1.53. The molecule has 0 aliphatic rings. The fourth-order valence-electron chi connectivity index (χ4n) is 3.24. The van der Waals surface area contributed by atoms with Crippen molar-refractivity contribution in [1.82, 2.24) is 9.66 Å². The Morgan fingerprint density at radius 3 is 2.71 bits per heavy atom. The number of furan rings is 1. The summed E-state index contributed by atoms with van der Waals surface area (Å²) in [4.78, 5) is 17.9. The van der Waals surface area contributed by atoms with Gasteiger partial charge in [-0.25, -0.2) is 4.98 Å². The third-order valence-corrected chi connectivity index (χ3v) is 5.78. The lowest BCUT2D eigenvalue weighted by atomic mass is 10.2. The molecule has 0 fully saturated rings. The number of rotatable bonds is 3. The number of fused-ring (bicyclic) bond motifs is 2. The Hall–Kier alpha value is -2.93. The minimum absolute atomic E-state index is 0.289. The first-order valence-electron chi connectivity index (χ1n) is 9.20. The summed E-state index contributed by atoms with van der Waals surface area (Å²) < 4.78 is 8.13. The summed E-state index contributed by atoms with van der Waals surface area (Å²) in [6, 6.07) is 19.7. The second kappa shape index (κ2) is 7.96. The molecule has 0 amide bonds. The first-order valence-corrected chi connectivity index (χ1v) is 10.8. The number of hydrogen-bond acceptors (Lipinski definition) is 4. The second-order valence-electron chi connectivity index (χ2n) is 6.77. The van der Waals surface area contributed by atoms with Crippen LogP contribution in [0.25, 0.3) is 33.5 Å². The first kappa shape index (κ1) is 20.0. The van der Waals surface area contributed by atoms with Crippen molar-refractivity contribution in [1.29, 1.82) is 0 Å². The second-order valence-corrected chi connectivity index (χ2v) is 8.53. The zero-order valence-corrected chi connectivity index (χ0v) is 18.8. The molecule has 0 atom stereocenters. The zero-order chi connectivity index (χ0) is 21.5. The van der Waals surface area contributed by atoms with Crippen LogP contribution >= 0.6 is 39.1 Å². The van der Waals surface area contributed by atoms with Crippen LogP contribution in [-0.2, 0) is 0 Å². The number of hydrogen-bond donors (Lipinski definition) is 0. The van der Waals surface area contributed by atoms with Gasteiger partial charge >= 0.3 is 0 Å². The molecular weight excluding hydrogens is 501 g/mol. The summed E-state index contributed by atoms with van der Waals surface area (Å²) in [5, 5.41) is 6.67. The zero-order valence-electron chi connectivity index (χ0n) is 15.7. The van der Waals surface area contributed by atoms with Crippen LogP contribution in [0.3, 0.4) is 0 Å². The number of benzene rings is 3. The van der Waals surface area contributed by atoms with Crippen molar-refractivity contribution in [3.63, 3.8) is 0 Å². The monoisotopic (exact) mass is 511 g/mol. The molecule has 0 bridgehead atoms. The molecule has 0 spiro atoms. The highest BCUT2D eigenvalue weighted by Crippen LogP contribution is 2.29. The van der Waals surface area contributed by atoms with Crippen molar-refractivity contribution < 1.29 is 4.42 Å². The van der Waals surface area contributed by atoms with Crippen LogP contribution in [0.4, 0.5) is 0 Å². The number of nitrogens with zero attached hydrogens (tertiary/aromatic N) is 3. The maximum atomic E-state index is 13.3. The molecule has 0 saturated heterocycles. The molecule has 0 radical (unpaired) electrons. The summed E-state index contributed by atoms with van der Waals surface area (Å²) in [6.07, 6.45) is 1.50. The van der Waals surface area contributed by atoms with Crippen LogP contribution in [0.15, 0.2) is 85.5 Å². The van der Waals surface area contributed by atoms with E-state index in [0.29, 0.717) is 37.9 Å². The van der Waals surface area contributed by atoms with Crippen LogP contribution in [0.1, 0.15) is 5.56 Å². The van der Waals surface area contributed by atoms with Crippen LogP contribution in [0, 0.1) is 0 Å². The predicted octanol–water partition coefficient (Wildman–Crippen LogP) is 6.76. The Balaban J connectivity index is 1.74. The Kier molecular flexibility index (Phi) is 5.14. The van der Waals surface area contributed by atoms with Crippen molar-refractivity contribution >= 4 is 67.2 Å². The van der Waals surface area contributed by atoms with Gasteiger partial charge in [-0.1, -0.05) is 57.3 Å². The standard InChI is InChI=1S/C23H12BrCl2N3O2/c24-15-6-8-20-14(9-15)10-21(31-20)22-28-19-4-2-1-3-17(19)23(30)29(22)27-12-13-5-7-16(25)11-18(13)26/h1-12H. The highest BCUT2D eigenvalue weighted by atomic mass is 79.9. The lowest BCUT2D eigenvalue weighted by Gasteiger charge is -2.07. The maximum Gasteiger partial charge on any atom is 0.282 e. The highest BCUT2D eigenvalue weighted by molar-refractivity contribution is 9.10. The van der Waals surface area contributed by atoms with Crippen molar-refractivity contribution in [2.45, 2.75) is 0 Å². The lowest BCUT2D eigenvalue weighted by Crippen LogP contribution is -2.20. The molecule has 0 aliphatic carbocycles. The van der Waals surface area contributed by atoms with E-state index in [-0.39, 0.29) is 11.4 Å². The summed E-state index contributed by atoms with van der Waals surface area (Å²) in [5.74, 6) is 0.715. The normalized spacial score (nSPS) is 11.7. The van der Waals surface area contributed by atoms with Gasteiger partial charge in [-0.2, -0.15) is 9.78 Å². The van der Waals surface area contributed by atoms with E-state index in [0.717, 1.165) is 9.86 Å². The lowest BCUT2D eigenvalue weighted by molar-refractivity contribution is 0.616.